The third kappa shape index (κ3) is 1.81. The highest BCUT2D eigenvalue weighted by Crippen LogP contribution is 2.46. The maximum Gasteiger partial charge on any atom is 0.133 e. The van der Waals surface area contributed by atoms with Crippen LogP contribution in [0.1, 0.15) is 42.7 Å². The number of carbonyl (C=O) groups is 1. The molecule has 17 heavy (non-hydrogen) atoms. The van der Waals surface area contributed by atoms with Crippen LogP contribution >= 0.6 is 11.3 Å². The Bertz CT molecular complexity index is 524. The van der Waals surface area contributed by atoms with Gasteiger partial charge < -0.3 is 4.79 Å². The second-order valence-corrected chi connectivity index (χ2v) is 5.55. The highest BCUT2D eigenvalue weighted by Gasteiger charge is 2.37. The molecule has 0 aliphatic heterocycles. The van der Waals surface area contributed by atoms with Crippen molar-refractivity contribution in [2.45, 2.75) is 38.5 Å². The number of hydrogen-bond donors (Lipinski definition) is 0. The van der Waals surface area contributed by atoms with Gasteiger partial charge >= 0.3 is 0 Å². The Morgan fingerprint density at radius 1 is 1.59 bits per heavy atom. The molecule has 1 heterocycles. The van der Waals surface area contributed by atoms with Crippen molar-refractivity contribution in [1.29, 1.82) is 5.26 Å². The standard InChI is InChI=1S/C13H14N2OS/c1-3-15-12-9(7-14)11-10(17-12)5-4-6-13(11,2)8-16/h3,8H,4-6H2,1-2H3/b15-3+/t13-/m1/s1. The van der Waals surface area contributed by atoms with E-state index < -0.39 is 5.41 Å². The number of nitrogens with zero attached hydrogens (tertiary/aromatic N) is 2. The van der Waals surface area contributed by atoms with Gasteiger partial charge in [0.15, 0.2) is 0 Å². The predicted molar refractivity (Wildman–Crippen MR) is 69.2 cm³/mol. The quantitative estimate of drug-likeness (QED) is 0.594. The van der Waals surface area contributed by atoms with Crippen LogP contribution in [-0.4, -0.2) is 12.5 Å². The van der Waals surface area contributed by atoms with Crippen LogP contribution in [0, 0.1) is 11.3 Å². The molecule has 2 rings (SSSR count). The van der Waals surface area contributed by atoms with Crippen LogP contribution in [0.4, 0.5) is 5.00 Å². The number of hydrogen-bond acceptors (Lipinski definition) is 4. The molecule has 1 aromatic rings. The van der Waals surface area contributed by atoms with Crippen molar-refractivity contribution < 1.29 is 4.79 Å². The van der Waals surface area contributed by atoms with E-state index in [0.29, 0.717) is 5.56 Å². The van der Waals surface area contributed by atoms with Gasteiger partial charge in [-0.3, -0.25) is 0 Å². The number of aldehydes is 1. The lowest BCUT2D eigenvalue weighted by Crippen LogP contribution is -2.28. The molecule has 1 atom stereocenters. The van der Waals surface area contributed by atoms with E-state index in [1.165, 1.54) is 0 Å². The predicted octanol–water partition coefficient (Wildman–Crippen LogP) is 3.13. The summed E-state index contributed by atoms with van der Waals surface area (Å²) < 4.78 is 0. The molecule has 0 amide bonds. The van der Waals surface area contributed by atoms with Gasteiger partial charge in [0.25, 0.3) is 0 Å². The molecule has 0 spiro atoms. The van der Waals surface area contributed by atoms with Crippen LogP contribution in [0.2, 0.25) is 0 Å². The monoisotopic (exact) mass is 246 g/mol. The molecular weight excluding hydrogens is 232 g/mol. The average molecular weight is 246 g/mol. The maximum absolute atomic E-state index is 11.3. The molecule has 3 nitrogen and oxygen atoms in total. The summed E-state index contributed by atoms with van der Waals surface area (Å²) in [4.78, 5) is 16.7. The summed E-state index contributed by atoms with van der Waals surface area (Å²) in [5.41, 5.74) is 1.01. The van der Waals surface area contributed by atoms with Crippen LogP contribution < -0.4 is 0 Å². The number of nitriles is 1. The fourth-order valence-corrected chi connectivity index (χ4v) is 3.74. The first-order valence-electron chi connectivity index (χ1n) is 5.67. The Labute approximate surface area is 105 Å². The third-order valence-corrected chi connectivity index (χ3v) is 4.41. The summed E-state index contributed by atoms with van der Waals surface area (Å²) in [5, 5.41) is 10.0. The SMILES string of the molecule is C/C=N/c1sc2c(c1C#N)[C@@](C)(C=O)CCC2. The molecule has 0 unspecified atom stereocenters. The molecular formula is C13H14N2OS. The average Bonchev–Trinajstić information content (AvgIpc) is 2.69. The first kappa shape index (κ1) is 12.0. The lowest BCUT2D eigenvalue weighted by molar-refractivity contribution is -0.112. The van der Waals surface area contributed by atoms with Crippen molar-refractivity contribution in [2.75, 3.05) is 0 Å². The number of aliphatic imine (C=N–C) groups is 1. The van der Waals surface area contributed by atoms with Gasteiger partial charge in [0.1, 0.15) is 17.4 Å². The first-order chi connectivity index (χ1) is 8.16. The van der Waals surface area contributed by atoms with E-state index in [1.807, 2.05) is 13.8 Å². The number of rotatable bonds is 2. The van der Waals surface area contributed by atoms with Crippen molar-refractivity contribution in [3.63, 3.8) is 0 Å². The molecule has 1 aliphatic rings. The van der Waals surface area contributed by atoms with Crippen LogP contribution in [0.25, 0.3) is 0 Å². The maximum atomic E-state index is 11.3. The summed E-state index contributed by atoms with van der Waals surface area (Å²) in [7, 11) is 0. The Balaban J connectivity index is 2.69. The summed E-state index contributed by atoms with van der Waals surface area (Å²) in [5.74, 6) is 0. The minimum absolute atomic E-state index is 0.503. The molecule has 0 fully saturated rings. The van der Waals surface area contributed by atoms with Gasteiger partial charge in [-0.15, -0.1) is 11.3 Å². The topological polar surface area (TPSA) is 53.2 Å². The van der Waals surface area contributed by atoms with Crippen molar-refractivity contribution >= 4 is 28.8 Å². The minimum Gasteiger partial charge on any atom is -0.302 e. The van der Waals surface area contributed by atoms with Crippen molar-refractivity contribution in [2.24, 2.45) is 4.99 Å². The van der Waals surface area contributed by atoms with Gasteiger partial charge in [0.2, 0.25) is 0 Å². The normalized spacial score (nSPS) is 23.4. The zero-order valence-corrected chi connectivity index (χ0v) is 10.8. The van der Waals surface area contributed by atoms with Crippen LogP contribution in [-0.2, 0) is 16.6 Å². The zero-order chi connectivity index (χ0) is 12.5. The smallest absolute Gasteiger partial charge is 0.133 e. The van der Waals surface area contributed by atoms with Crippen molar-refractivity contribution in [3.05, 3.63) is 16.0 Å². The molecule has 0 bridgehead atoms. The van der Waals surface area contributed by atoms with Gasteiger partial charge in [0.05, 0.1) is 11.0 Å². The minimum atomic E-state index is -0.503. The molecule has 4 heteroatoms. The zero-order valence-electron chi connectivity index (χ0n) is 9.99. The van der Waals surface area contributed by atoms with Gasteiger partial charge in [0, 0.05) is 11.1 Å². The molecule has 0 N–H and O–H groups in total. The Morgan fingerprint density at radius 2 is 2.35 bits per heavy atom. The van der Waals surface area contributed by atoms with Crippen molar-refractivity contribution in [1.82, 2.24) is 0 Å². The Kier molecular flexibility index (Phi) is 3.12. The molecule has 0 aromatic carbocycles. The highest BCUT2D eigenvalue weighted by molar-refractivity contribution is 7.16. The fraction of sp³-hybridized carbons (Fsp3) is 0.462. The van der Waals surface area contributed by atoms with Crippen LogP contribution in [0.5, 0.6) is 0 Å². The summed E-state index contributed by atoms with van der Waals surface area (Å²) in [6.45, 7) is 3.75. The van der Waals surface area contributed by atoms with E-state index in [9.17, 15) is 10.1 Å². The number of thiophene rings is 1. The van der Waals surface area contributed by atoms with Gasteiger partial charge in [-0.2, -0.15) is 5.26 Å². The lowest BCUT2D eigenvalue weighted by atomic mass is 9.74. The second kappa shape index (κ2) is 4.42. The van der Waals surface area contributed by atoms with Gasteiger partial charge in [-0.25, -0.2) is 4.99 Å². The summed E-state index contributed by atoms with van der Waals surface area (Å²) in [6.07, 6.45) is 5.46. The Morgan fingerprint density at radius 3 is 2.94 bits per heavy atom. The summed E-state index contributed by atoms with van der Waals surface area (Å²) in [6, 6.07) is 2.22. The van der Waals surface area contributed by atoms with E-state index in [4.69, 9.17) is 0 Å². The fourth-order valence-electron chi connectivity index (χ4n) is 2.42. The number of fused-ring (bicyclic) bond motifs is 1. The summed E-state index contributed by atoms with van der Waals surface area (Å²) >= 11 is 1.55. The largest absolute Gasteiger partial charge is 0.302 e. The molecule has 1 aromatic heterocycles. The highest BCUT2D eigenvalue weighted by atomic mass is 32.1. The van der Waals surface area contributed by atoms with Gasteiger partial charge in [-0.1, -0.05) is 0 Å². The first-order valence-corrected chi connectivity index (χ1v) is 6.49. The van der Waals surface area contributed by atoms with E-state index in [2.05, 4.69) is 11.1 Å². The Hall–Kier alpha value is -1.47. The van der Waals surface area contributed by atoms with E-state index in [1.54, 1.807) is 17.6 Å². The van der Waals surface area contributed by atoms with Crippen LogP contribution in [0.15, 0.2) is 4.99 Å². The molecule has 88 valence electrons. The number of aryl methyl sites for hydroxylation is 1. The van der Waals surface area contributed by atoms with Crippen LogP contribution in [0.3, 0.4) is 0 Å². The molecule has 1 aliphatic carbocycles. The molecule has 0 saturated heterocycles. The molecule has 0 saturated carbocycles. The van der Waals surface area contributed by atoms with Gasteiger partial charge in [-0.05, 0) is 38.7 Å². The van der Waals surface area contributed by atoms with E-state index in [0.717, 1.165) is 41.0 Å². The van der Waals surface area contributed by atoms with Crippen molar-refractivity contribution in [3.8, 4) is 6.07 Å². The number of carbonyl (C=O) groups excluding carboxylic acids is 1. The molecule has 0 radical (unpaired) electrons. The third-order valence-electron chi connectivity index (χ3n) is 3.25. The second-order valence-electron chi connectivity index (χ2n) is 4.47. The van der Waals surface area contributed by atoms with E-state index in [-0.39, 0.29) is 0 Å². The van der Waals surface area contributed by atoms with E-state index >= 15 is 0 Å². The lowest BCUT2D eigenvalue weighted by Gasteiger charge is -2.28.